The number of nitrogens with zero attached hydrogens (tertiary/aromatic N) is 3. The standard InChI is InChI=1S/C24H26N6OS/c1-24(21-11-19(15-32-21)18-8-4-6-16(10-18)12-25)20(22(31)30(3)23(27)29-24)9-5-7-17(13-26)14-28-2/h4-8,10-11,13-15,20H,9,26H2,1-3H3,(H2,27,29)/p+1/b7-5+,17-13-,28-14?/t20?,24-/m0/s1. The van der Waals surface area contributed by atoms with Gasteiger partial charge < -0.3 is 11.5 Å². The van der Waals surface area contributed by atoms with Crippen LogP contribution >= 0.6 is 11.3 Å². The van der Waals surface area contributed by atoms with Gasteiger partial charge in [0.05, 0.1) is 23.1 Å². The molecular formula is C24H27N6OS+. The average Bonchev–Trinajstić information content (AvgIpc) is 3.30. The molecule has 0 saturated carbocycles. The van der Waals surface area contributed by atoms with Gasteiger partial charge in [0.1, 0.15) is 12.6 Å². The van der Waals surface area contributed by atoms with Crippen LogP contribution in [-0.2, 0) is 10.3 Å². The lowest BCUT2D eigenvalue weighted by molar-refractivity contribution is -0.413. The summed E-state index contributed by atoms with van der Waals surface area (Å²) in [7, 11) is 3.44. The molecule has 1 amide bonds. The van der Waals surface area contributed by atoms with Crippen LogP contribution in [-0.4, -0.2) is 37.1 Å². The van der Waals surface area contributed by atoms with E-state index in [9.17, 15) is 10.1 Å². The molecule has 164 valence electrons. The summed E-state index contributed by atoms with van der Waals surface area (Å²) in [5.74, 6) is -0.311. The number of nitriles is 1. The van der Waals surface area contributed by atoms with E-state index >= 15 is 0 Å². The number of allylic oxidation sites excluding steroid dienone is 3. The van der Waals surface area contributed by atoms with Crippen molar-refractivity contribution in [1.82, 2.24) is 4.90 Å². The van der Waals surface area contributed by atoms with Crippen LogP contribution in [0.1, 0.15) is 23.8 Å². The van der Waals surface area contributed by atoms with E-state index in [1.54, 1.807) is 26.4 Å². The average molecular weight is 448 g/mol. The molecular weight excluding hydrogens is 420 g/mol. The van der Waals surface area contributed by atoms with E-state index in [4.69, 9.17) is 16.5 Å². The predicted molar refractivity (Wildman–Crippen MR) is 129 cm³/mol. The lowest BCUT2D eigenvalue weighted by Crippen LogP contribution is -2.63. The Labute approximate surface area is 192 Å². The smallest absolute Gasteiger partial charge is 0.235 e. The Morgan fingerprint density at radius 3 is 2.88 bits per heavy atom. The molecule has 0 aliphatic carbocycles. The zero-order valence-electron chi connectivity index (χ0n) is 18.4. The second-order valence-electron chi connectivity index (χ2n) is 7.70. The first-order valence-corrected chi connectivity index (χ1v) is 11.0. The highest BCUT2D eigenvalue weighted by molar-refractivity contribution is 7.10. The quantitative estimate of drug-likeness (QED) is 0.458. The number of aliphatic imine (C=N–C) groups is 1. The molecule has 2 atom stereocenters. The summed E-state index contributed by atoms with van der Waals surface area (Å²) in [6.07, 6.45) is 7.56. The number of nitrogens with one attached hydrogen (secondary N) is 1. The number of rotatable bonds is 6. The van der Waals surface area contributed by atoms with Crippen molar-refractivity contribution >= 4 is 29.4 Å². The monoisotopic (exact) mass is 447 g/mol. The van der Waals surface area contributed by atoms with E-state index < -0.39 is 11.5 Å². The SMILES string of the molecule is C[NH+]=CC(=C\N)/C=C/CC1C(=O)N(C)C(N)=N[C@]1(C)c1cc(-c2cccc(C#N)c2)cs1. The maximum absolute atomic E-state index is 13.2. The Kier molecular flexibility index (Phi) is 6.91. The lowest BCUT2D eigenvalue weighted by atomic mass is 9.79. The molecule has 0 saturated heterocycles. The highest BCUT2D eigenvalue weighted by Gasteiger charge is 2.46. The first kappa shape index (κ1) is 23.0. The molecule has 5 N–H and O–H groups in total. The Morgan fingerprint density at radius 2 is 2.19 bits per heavy atom. The Bertz CT molecular complexity index is 1170. The molecule has 0 radical (unpaired) electrons. The van der Waals surface area contributed by atoms with Crippen LogP contribution in [0.3, 0.4) is 0 Å². The van der Waals surface area contributed by atoms with Gasteiger partial charge in [0.2, 0.25) is 5.91 Å². The predicted octanol–water partition coefficient (Wildman–Crippen LogP) is 1.47. The maximum Gasteiger partial charge on any atom is 0.235 e. The number of hydrogen-bond acceptors (Lipinski definition) is 6. The molecule has 7 nitrogen and oxygen atoms in total. The van der Waals surface area contributed by atoms with E-state index in [1.165, 1.54) is 22.4 Å². The van der Waals surface area contributed by atoms with Gasteiger partial charge in [-0.05, 0) is 48.1 Å². The minimum absolute atomic E-state index is 0.0815. The fourth-order valence-electron chi connectivity index (χ4n) is 3.72. The molecule has 1 aromatic heterocycles. The number of thiophene rings is 1. The number of guanidine groups is 1. The molecule has 2 heterocycles. The van der Waals surface area contributed by atoms with E-state index in [0.29, 0.717) is 12.0 Å². The molecule has 1 aliphatic rings. The van der Waals surface area contributed by atoms with Crippen molar-refractivity contribution < 1.29 is 9.79 Å². The number of nitrogens with two attached hydrogens (primary N) is 2. The van der Waals surface area contributed by atoms with Crippen molar-refractivity contribution in [3.8, 4) is 17.2 Å². The van der Waals surface area contributed by atoms with E-state index in [-0.39, 0.29) is 11.9 Å². The zero-order valence-corrected chi connectivity index (χ0v) is 19.2. The first-order valence-electron chi connectivity index (χ1n) is 10.2. The largest absolute Gasteiger partial charge is 0.404 e. The van der Waals surface area contributed by atoms with Crippen molar-refractivity contribution in [3.63, 3.8) is 0 Å². The van der Waals surface area contributed by atoms with E-state index in [0.717, 1.165) is 21.6 Å². The highest BCUT2D eigenvalue weighted by atomic mass is 32.1. The molecule has 0 fully saturated rings. The summed E-state index contributed by atoms with van der Waals surface area (Å²) < 4.78 is 0. The molecule has 3 rings (SSSR count). The molecule has 2 aromatic rings. The van der Waals surface area contributed by atoms with Gasteiger partial charge in [-0.1, -0.05) is 24.3 Å². The first-order chi connectivity index (χ1) is 15.3. The van der Waals surface area contributed by atoms with Crippen molar-refractivity contribution in [2.75, 3.05) is 14.1 Å². The second kappa shape index (κ2) is 9.62. The third kappa shape index (κ3) is 4.48. The van der Waals surface area contributed by atoms with Crippen LogP contribution in [0.2, 0.25) is 0 Å². The van der Waals surface area contributed by atoms with Crippen molar-refractivity contribution in [1.29, 1.82) is 5.26 Å². The summed E-state index contributed by atoms with van der Waals surface area (Å²) in [6.45, 7) is 1.95. The number of hydrogen-bond donors (Lipinski definition) is 3. The molecule has 0 spiro atoms. The second-order valence-corrected chi connectivity index (χ2v) is 8.61. The Hall–Kier alpha value is -3.70. The summed E-state index contributed by atoms with van der Waals surface area (Å²) >= 11 is 1.54. The molecule has 1 aromatic carbocycles. The Morgan fingerprint density at radius 1 is 1.41 bits per heavy atom. The third-order valence-electron chi connectivity index (χ3n) is 5.61. The van der Waals surface area contributed by atoms with Crippen molar-refractivity contribution in [2.24, 2.45) is 22.4 Å². The number of benzene rings is 1. The van der Waals surface area contributed by atoms with Gasteiger partial charge in [-0.25, -0.2) is 4.99 Å². The summed E-state index contributed by atoms with van der Waals surface area (Å²) in [4.78, 5) is 23.2. The molecule has 1 aliphatic heterocycles. The minimum Gasteiger partial charge on any atom is -0.404 e. The van der Waals surface area contributed by atoms with Crippen LogP contribution in [0.15, 0.2) is 64.6 Å². The van der Waals surface area contributed by atoms with Gasteiger partial charge in [-0.2, -0.15) is 5.26 Å². The van der Waals surface area contributed by atoms with Gasteiger partial charge in [0.25, 0.3) is 0 Å². The fraction of sp³-hybridized carbons (Fsp3) is 0.250. The minimum atomic E-state index is -0.812. The van der Waals surface area contributed by atoms with Crippen LogP contribution in [0.4, 0.5) is 0 Å². The van der Waals surface area contributed by atoms with E-state index in [2.05, 4.69) is 11.1 Å². The zero-order chi connectivity index (χ0) is 23.3. The van der Waals surface area contributed by atoms with Gasteiger partial charge in [0.15, 0.2) is 12.2 Å². The van der Waals surface area contributed by atoms with Crippen LogP contribution in [0.25, 0.3) is 11.1 Å². The number of amides is 1. The number of carbonyl (C=O) groups is 1. The maximum atomic E-state index is 13.2. The van der Waals surface area contributed by atoms with Crippen LogP contribution < -0.4 is 16.5 Å². The molecule has 1 unspecified atom stereocenters. The third-order valence-corrected chi connectivity index (χ3v) is 6.76. The van der Waals surface area contributed by atoms with Crippen molar-refractivity contribution in [3.05, 3.63) is 70.1 Å². The van der Waals surface area contributed by atoms with Crippen LogP contribution in [0, 0.1) is 17.2 Å². The molecule has 0 bridgehead atoms. The lowest BCUT2D eigenvalue weighted by Gasteiger charge is -2.39. The Balaban J connectivity index is 1.99. The molecule has 8 heteroatoms. The summed E-state index contributed by atoms with van der Waals surface area (Å²) in [5.41, 5.74) is 14.3. The summed E-state index contributed by atoms with van der Waals surface area (Å²) in [6, 6.07) is 11.7. The van der Waals surface area contributed by atoms with E-state index in [1.807, 2.05) is 48.7 Å². The molecule has 32 heavy (non-hydrogen) atoms. The van der Waals surface area contributed by atoms with Gasteiger partial charge >= 0.3 is 0 Å². The fourth-order valence-corrected chi connectivity index (χ4v) is 4.79. The van der Waals surface area contributed by atoms with Gasteiger partial charge in [0, 0.05) is 18.1 Å². The topological polar surface area (TPSA) is 122 Å². The normalized spacial score (nSPS) is 21.9. The summed E-state index contributed by atoms with van der Waals surface area (Å²) in [5, 5.41) is 11.2. The highest BCUT2D eigenvalue weighted by Crippen LogP contribution is 2.44. The number of carbonyl (C=O) groups excluding carboxylic acids is 1. The van der Waals surface area contributed by atoms with Crippen molar-refractivity contribution in [2.45, 2.75) is 18.9 Å². The van der Waals surface area contributed by atoms with Crippen LogP contribution in [0.5, 0.6) is 0 Å². The van der Waals surface area contributed by atoms with Gasteiger partial charge in [-0.3, -0.25) is 14.7 Å². The van der Waals surface area contributed by atoms with Gasteiger partial charge in [-0.15, -0.1) is 11.3 Å².